The molecule has 1 aliphatic heterocycles. The molecular weight excluding hydrogens is 422 g/mol. The van der Waals surface area contributed by atoms with Gasteiger partial charge in [-0.2, -0.15) is 5.26 Å². The minimum atomic E-state index is -0.596. The molecule has 0 unspecified atom stereocenters. The zero-order valence-corrected chi connectivity index (χ0v) is 19.3. The lowest BCUT2D eigenvalue weighted by molar-refractivity contribution is 0.0178. The molecule has 33 heavy (non-hydrogen) atoms. The molecule has 3 rings (SSSR count). The van der Waals surface area contributed by atoms with Gasteiger partial charge < -0.3 is 25.0 Å². The molecule has 1 aromatic heterocycles. The summed E-state index contributed by atoms with van der Waals surface area (Å²) in [5, 5.41) is 14.7. The number of rotatable bonds is 4. The van der Waals surface area contributed by atoms with Crippen molar-refractivity contribution in [1.29, 1.82) is 5.26 Å². The molecule has 2 atom stereocenters. The summed E-state index contributed by atoms with van der Waals surface area (Å²) in [6.45, 7) is 6.29. The Kier molecular flexibility index (Phi) is 7.38. The van der Waals surface area contributed by atoms with Gasteiger partial charge in [0.25, 0.3) is 0 Å². The van der Waals surface area contributed by atoms with Crippen LogP contribution >= 0.6 is 0 Å². The number of carbonyl (C=O) groups excluding carboxylic acids is 2. The highest BCUT2D eigenvalue weighted by molar-refractivity contribution is 5.89. The molecule has 2 heterocycles. The molecule has 3 amide bonds. The molecule has 1 aromatic carbocycles. The van der Waals surface area contributed by atoms with Crippen LogP contribution in [-0.4, -0.2) is 53.9 Å². The molecule has 2 N–H and O–H groups in total. The van der Waals surface area contributed by atoms with E-state index in [0.29, 0.717) is 36.5 Å². The number of nitrogens with one attached hydrogen (secondary N) is 2. The average molecular weight is 452 g/mol. The zero-order chi connectivity index (χ0) is 24.0. The summed E-state index contributed by atoms with van der Waals surface area (Å²) in [6.07, 6.45) is 1.77. The van der Waals surface area contributed by atoms with Crippen molar-refractivity contribution in [3.8, 4) is 11.8 Å². The molecule has 0 bridgehead atoms. The molecule has 9 heteroatoms. The molecule has 174 valence electrons. The van der Waals surface area contributed by atoms with Crippen LogP contribution in [0, 0.1) is 11.3 Å². The Balaban J connectivity index is 1.74. The zero-order valence-electron chi connectivity index (χ0n) is 19.3. The molecule has 1 saturated heterocycles. The number of amides is 3. The van der Waals surface area contributed by atoms with E-state index in [9.17, 15) is 9.59 Å². The van der Waals surface area contributed by atoms with Crippen LogP contribution in [0.4, 0.5) is 15.3 Å². The molecule has 0 aliphatic carbocycles. The van der Waals surface area contributed by atoms with Crippen LogP contribution in [0.1, 0.15) is 44.4 Å². The van der Waals surface area contributed by atoms with Gasteiger partial charge in [-0.15, -0.1) is 0 Å². The molecule has 1 aliphatic rings. The first-order valence-electron chi connectivity index (χ1n) is 10.7. The van der Waals surface area contributed by atoms with Gasteiger partial charge in [-0.3, -0.25) is 4.98 Å². The second-order valence-corrected chi connectivity index (χ2v) is 8.84. The van der Waals surface area contributed by atoms with Gasteiger partial charge in [-0.25, -0.2) is 9.59 Å². The second kappa shape index (κ2) is 10.2. The lowest BCUT2D eigenvalue weighted by Gasteiger charge is -2.39. The number of carbonyl (C=O) groups is 2. The van der Waals surface area contributed by atoms with E-state index in [1.165, 1.54) is 0 Å². The van der Waals surface area contributed by atoms with Gasteiger partial charge in [0.2, 0.25) is 0 Å². The first-order chi connectivity index (χ1) is 15.7. The van der Waals surface area contributed by atoms with Crippen molar-refractivity contribution in [3.63, 3.8) is 0 Å². The van der Waals surface area contributed by atoms with Gasteiger partial charge in [0.15, 0.2) is 0 Å². The number of hydrogen-bond acceptors (Lipinski definition) is 6. The average Bonchev–Trinajstić information content (AvgIpc) is 2.78. The fraction of sp³-hybridized carbons (Fsp3) is 0.417. The summed E-state index contributed by atoms with van der Waals surface area (Å²) in [7, 11) is 1.57. The number of ether oxygens (including phenoxy) is 2. The van der Waals surface area contributed by atoms with E-state index >= 15 is 0 Å². The first kappa shape index (κ1) is 23.9. The van der Waals surface area contributed by atoms with Gasteiger partial charge in [-0.05, 0) is 63.6 Å². The Labute approximate surface area is 193 Å². The number of nitriles is 1. The van der Waals surface area contributed by atoms with Crippen molar-refractivity contribution < 1.29 is 19.1 Å². The predicted molar refractivity (Wildman–Crippen MR) is 123 cm³/mol. The van der Waals surface area contributed by atoms with E-state index < -0.39 is 5.60 Å². The fourth-order valence-electron chi connectivity index (χ4n) is 3.61. The Morgan fingerprint density at radius 3 is 2.48 bits per heavy atom. The van der Waals surface area contributed by atoms with Crippen LogP contribution in [-0.2, 0) is 4.74 Å². The Morgan fingerprint density at radius 2 is 1.91 bits per heavy atom. The van der Waals surface area contributed by atoms with Gasteiger partial charge in [-0.1, -0.05) is 0 Å². The molecule has 0 radical (unpaired) electrons. The quantitative estimate of drug-likeness (QED) is 0.729. The van der Waals surface area contributed by atoms with Gasteiger partial charge >= 0.3 is 12.1 Å². The number of pyridine rings is 1. The maximum absolute atomic E-state index is 12.7. The molecule has 2 aromatic rings. The number of urea groups is 1. The van der Waals surface area contributed by atoms with E-state index in [1.54, 1.807) is 42.5 Å². The lowest BCUT2D eigenvalue weighted by Crippen LogP contribution is -2.53. The summed E-state index contributed by atoms with van der Waals surface area (Å²) in [5.41, 5.74) is 1.24. The lowest BCUT2D eigenvalue weighted by atomic mass is 9.89. The highest BCUT2D eigenvalue weighted by Gasteiger charge is 2.36. The van der Waals surface area contributed by atoms with Crippen molar-refractivity contribution in [2.45, 2.75) is 44.8 Å². The van der Waals surface area contributed by atoms with Crippen LogP contribution in [0.2, 0.25) is 0 Å². The summed E-state index contributed by atoms with van der Waals surface area (Å²) >= 11 is 0. The number of methoxy groups -OCH3 is 1. The van der Waals surface area contributed by atoms with E-state index in [1.807, 2.05) is 39.0 Å². The summed E-state index contributed by atoms with van der Waals surface area (Å²) in [4.78, 5) is 31.5. The summed E-state index contributed by atoms with van der Waals surface area (Å²) < 4.78 is 10.7. The van der Waals surface area contributed by atoms with Gasteiger partial charge in [0.05, 0.1) is 24.9 Å². The molecular formula is C24H29N5O4. The number of aromatic nitrogens is 1. The largest absolute Gasteiger partial charge is 0.495 e. The van der Waals surface area contributed by atoms with Gasteiger partial charge in [0.1, 0.15) is 11.4 Å². The number of anilines is 1. The highest BCUT2D eigenvalue weighted by atomic mass is 16.6. The molecule has 1 fully saturated rings. The van der Waals surface area contributed by atoms with Crippen LogP contribution < -0.4 is 15.4 Å². The third kappa shape index (κ3) is 6.59. The van der Waals surface area contributed by atoms with Crippen LogP contribution in [0.25, 0.3) is 0 Å². The SMILES string of the molecule is COc1ccc([C@@H]2CN(C(=O)OC(C)(C)C)CC[C@H]2NC(=O)Nc2ccc(C#N)cc2)nc1. The standard InChI is InChI=1S/C24H29N5O4/c1-24(2,3)33-23(31)29-12-11-21(19(15-29)20-10-9-18(32-4)14-26-20)28-22(30)27-17-7-5-16(13-25)6-8-17/h5-10,14,19,21H,11-12,15H2,1-4H3,(H2,27,28,30)/t19-,21+/m0/s1. The fourth-order valence-corrected chi connectivity index (χ4v) is 3.61. The van der Waals surface area contributed by atoms with Crippen molar-refractivity contribution in [2.75, 3.05) is 25.5 Å². The molecule has 9 nitrogen and oxygen atoms in total. The normalized spacial score (nSPS) is 18.1. The third-order valence-electron chi connectivity index (χ3n) is 5.23. The minimum Gasteiger partial charge on any atom is -0.495 e. The van der Waals surface area contributed by atoms with Crippen LogP contribution in [0.5, 0.6) is 5.75 Å². The van der Waals surface area contributed by atoms with Gasteiger partial charge in [0, 0.05) is 36.4 Å². The van der Waals surface area contributed by atoms with E-state index in [-0.39, 0.29) is 24.1 Å². The number of piperidine rings is 1. The maximum Gasteiger partial charge on any atom is 0.410 e. The Hall–Kier alpha value is -3.80. The van der Waals surface area contributed by atoms with E-state index in [4.69, 9.17) is 14.7 Å². The number of likely N-dealkylation sites (tertiary alicyclic amines) is 1. The highest BCUT2D eigenvalue weighted by Crippen LogP contribution is 2.28. The topological polar surface area (TPSA) is 117 Å². The second-order valence-electron chi connectivity index (χ2n) is 8.84. The number of hydrogen-bond donors (Lipinski definition) is 2. The molecule has 0 saturated carbocycles. The predicted octanol–water partition coefficient (Wildman–Crippen LogP) is 3.88. The van der Waals surface area contributed by atoms with Crippen LogP contribution in [0.3, 0.4) is 0 Å². The minimum absolute atomic E-state index is 0.233. The van der Waals surface area contributed by atoms with Crippen molar-refractivity contribution in [2.24, 2.45) is 0 Å². The summed E-state index contributed by atoms with van der Waals surface area (Å²) in [6, 6.07) is 11.7. The van der Waals surface area contributed by atoms with Crippen molar-refractivity contribution in [1.82, 2.24) is 15.2 Å². The third-order valence-corrected chi connectivity index (χ3v) is 5.23. The smallest absolute Gasteiger partial charge is 0.410 e. The Morgan fingerprint density at radius 1 is 1.18 bits per heavy atom. The van der Waals surface area contributed by atoms with Crippen molar-refractivity contribution in [3.05, 3.63) is 53.9 Å². The number of benzene rings is 1. The van der Waals surface area contributed by atoms with E-state index in [2.05, 4.69) is 15.6 Å². The monoisotopic (exact) mass is 451 g/mol. The van der Waals surface area contributed by atoms with E-state index in [0.717, 1.165) is 5.69 Å². The van der Waals surface area contributed by atoms with Crippen molar-refractivity contribution >= 4 is 17.8 Å². The Bertz CT molecular complexity index is 1010. The number of nitrogens with zero attached hydrogens (tertiary/aromatic N) is 3. The molecule has 0 spiro atoms. The summed E-state index contributed by atoms with van der Waals surface area (Å²) in [5.74, 6) is 0.394. The first-order valence-corrected chi connectivity index (χ1v) is 10.7. The maximum atomic E-state index is 12.7. The van der Waals surface area contributed by atoms with Crippen LogP contribution in [0.15, 0.2) is 42.6 Å².